The van der Waals surface area contributed by atoms with Crippen molar-refractivity contribution in [3.05, 3.63) is 95.5 Å². The molecule has 0 spiro atoms. The second-order valence-corrected chi connectivity index (χ2v) is 11.1. The summed E-state index contributed by atoms with van der Waals surface area (Å²) in [6.45, 7) is 11.5. The van der Waals surface area contributed by atoms with Gasteiger partial charge in [-0.15, -0.1) is 0 Å². The highest BCUT2D eigenvalue weighted by molar-refractivity contribution is 5.37. The van der Waals surface area contributed by atoms with E-state index in [1.165, 1.54) is 0 Å². The van der Waals surface area contributed by atoms with Gasteiger partial charge in [0.15, 0.2) is 11.6 Å². The summed E-state index contributed by atoms with van der Waals surface area (Å²) in [5.41, 5.74) is -0.156. The fourth-order valence-electron chi connectivity index (χ4n) is 5.52. The third-order valence-corrected chi connectivity index (χ3v) is 7.29. The summed E-state index contributed by atoms with van der Waals surface area (Å²) < 4.78 is 44.1. The summed E-state index contributed by atoms with van der Waals surface area (Å²) in [7, 11) is 0. The minimum absolute atomic E-state index is 0.329. The molecule has 37 heavy (non-hydrogen) atoms. The van der Waals surface area contributed by atoms with Gasteiger partial charge in [-0.25, -0.2) is 0 Å². The molecule has 2 saturated heterocycles. The zero-order valence-electron chi connectivity index (χ0n) is 22.1. The Kier molecular flexibility index (Phi) is 5.60. The van der Waals surface area contributed by atoms with Crippen molar-refractivity contribution in [2.24, 2.45) is 0 Å². The fourth-order valence-corrected chi connectivity index (χ4v) is 5.52. The number of rotatable bonds is 6. The molecule has 0 amide bonds. The van der Waals surface area contributed by atoms with Gasteiger partial charge in [-0.1, -0.05) is 60.7 Å². The van der Waals surface area contributed by atoms with Gasteiger partial charge in [0, 0.05) is 0 Å². The molecule has 0 bridgehead atoms. The summed E-state index contributed by atoms with van der Waals surface area (Å²) >= 11 is 0. The standard InChI is InChI=1S/C30H34O7/c1-27(2)33-21-17-23(31-25(21)35-27)29(5,19-13-9-7-10-14-19)37-30(6,20-15-11-8-12-16-20)24-18-22-26(32-24)36-28(3,4)34-22/h7-18,21-22,25-26H,1-6H3/t21-,22-,25-,26-,29?,30?/m0/s1. The molecular weight excluding hydrogens is 472 g/mol. The summed E-state index contributed by atoms with van der Waals surface area (Å²) in [6.07, 6.45) is 2.20. The van der Waals surface area contributed by atoms with Crippen molar-refractivity contribution in [2.45, 2.75) is 89.1 Å². The van der Waals surface area contributed by atoms with E-state index in [1.54, 1.807) is 0 Å². The molecule has 0 saturated carbocycles. The fraction of sp³-hybridized carbons (Fsp3) is 0.467. The lowest BCUT2D eigenvalue weighted by Crippen LogP contribution is -2.41. The Labute approximate surface area is 217 Å². The first-order valence-electron chi connectivity index (χ1n) is 12.8. The number of ether oxygens (including phenoxy) is 7. The van der Waals surface area contributed by atoms with E-state index in [0.717, 1.165) is 11.1 Å². The average molecular weight is 507 g/mol. The van der Waals surface area contributed by atoms with E-state index in [1.807, 2.05) is 114 Å². The summed E-state index contributed by atoms with van der Waals surface area (Å²) in [6, 6.07) is 20.0. The van der Waals surface area contributed by atoms with Crippen LogP contribution in [-0.2, 0) is 44.4 Å². The molecule has 0 radical (unpaired) electrons. The number of hydrogen-bond acceptors (Lipinski definition) is 7. The van der Waals surface area contributed by atoms with Gasteiger partial charge < -0.3 is 33.2 Å². The third kappa shape index (κ3) is 4.29. The Hall–Kier alpha value is -2.68. The highest BCUT2D eigenvalue weighted by Crippen LogP contribution is 2.51. The van der Waals surface area contributed by atoms with E-state index >= 15 is 0 Å². The van der Waals surface area contributed by atoms with Crippen LogP contribution in [0, 0.1) is 0 Å². The van der Waals surface area contributed by atoms with Crippen LogP contribution in [0.3, 0.4) is 0 Å². The van der Waals surface area contributed by atoms with E-state index < -0.39 is 35.4 Å². The molecule has 2 aromatic carbocycles. The molecule has 0 N–H and O–H groups in total. The largest absolute Gasteiger partial charge is 0.463 e. The van der Waals surface area contributed by atoms with Crippen molar-refractivity contribution >= 4 is 0 Å². The topological polar surface area (TPSA) is 64.6 Å². The lowest BCUT2D eigenvalue weighted by atomic mass is 9.88. The molecule has 4 aliphatic rings. The molecule has 2 aromatic rings. The molecule has 6 atom stereocenters. The van der Waals surface area contributed by atoms with Gasteiger partial charge >= 0.3 is 0 Å². The molecule has 4 heterocycles. The Morgan fingerprint density at radius 3 is 1.32 bits per heavy atom. The summed E-state index contributed by atoms with van der Waals surface area (Å²) in [4.78, 5) is 0. The highest BCUT2D eigenvalue weighted by Gasteiger charge is 2.55. The first-order valence-corrected chi connectivity index (χ1v) is 12.8. The predicted molar refractivity (Wildman–Crippen MR) is 135 cm³/mol. The third-order valence-electron chi connectivity index (χ3n) is 7.29. The quantitative estimate of drug-likeness (QED) is 0.504. The molecule has 0 aromatic heterocycles. The van der Waals surface area contributed by atoms with Crippen LogP contribution < -0.4 is 0 Å². The van der Waals surface area contributed by atoms with Gasteiger partial charge in [-0.05, 0) is 64.8 Å². The number of fused-ring (bicyclic) bond motifs is 2. The molecule has 4 aliphatic heterocycles. The van der Waals surface area contributed by atoms with Crippen LogP contribution in [0.4, 0.5) is 0 Å². The van der Waals surface area contributed by atoms with Crippen LogP contribution in [0.15, 0.2) is 84.3 Å². The van der Waals surface area contributed by atoms with Crippen molar-refractivity contribution in [2.75, 3.05) is 0 Å². The predicted octanol–water partition coefficient (Wildman–Crippen LogP) is 5.62. The minimum atomic E-state index is -1.00. The maximum atomic E-state index is 7.19. The van der Waals surface area contributed by atoms with Crippen LogP contribution in [0.25, 0.3) is 0 Å². The lowest BCUT2D eigenvalue weighted by molar-refractivity contribution is -0.214. The highest BCUT2D eigenvalue weighted by atomic mass is 16.8. The van der Waals surface area contributed by atoms with Crippen molar-refractivity contribution in [1.82, 2.24) is 0 Å². The Morgan fingerprint density at radius 2 is 0.973 bits per heavy atom. The van der Waals surface area contributed by atoms with E-state index in [9.17, 15) is 0 Å². The normalized spacial score (nSPS) is 32.3. The van der Waals surface area contributed by atoms with Gasteiger partial charge in [0.05, 0.1) is 0 Å². The van der Waals surface area contributed by atoms with Gasteiger partial charge in [0.25, 0.3) is 0 Å². The van der Waals surface area contributed by atoms with Gasteiger partial charge in [0.2, 0.25) is 12.6 Å². The maximum Gasteiger partial charge on any atom is 0.232 e. The molecule has 2 unspecified atom stereocenters. The minimum Gasteiger partial charge on any atom is -0.463 e. The Balaban J connectivity index is 1.42. The van der Waals surface area contributed by atoms with E-state index in [2.05, 4.69) is 0 Å². The van der Waals surface area contributed by atoms with E-state index in [-0.39, 0.29) is 12.2 Å². The van der Waals surface area contributed by atoms with Crippen LogP contribution in [-0.4, -0.2) is 36.4 Å². The maximum absolute atomic E-state index is 7.19. The molecule has 7 heteroatoms. The van der Waals surface area contributed by atoms with Crippen LogP contribution in [0.2, 0.25) is 0 Å². The zero-order chi connectivity index (χ0) is 26.1. The smallest absolute Gasteiger partial charge is 0.232 e. The van der Waals surface area contributed by atoms with Crippen molar-refractivity contribution < 1.29 is 33.2 Å². The Bertz CT molecular complexity index is 1130. The first-order chi connectivity index (χ1) is 17.5. The van der Waals surface area contributed by atoms with E-state index in [0.29, 0.717) is 11.5 Å². The lowest BCUT2D eigenvalue weighted by Gasteiger charge is -2.42. The van der Waals surface area contributed by atoms with Crippen LogP contribution in [0.1, 0.15) is 52.7 Å². The van der Waals surface area contributed by atoms with Gasteiger partial charge in [-0.3, -0.25) is 0 Å². The molecule has 0 aliphatic carbocycles. The zero-order valence-corrected chi connectivity index (χ0v) is 22.1. The van der Waals surface area contributed by atoms with Crippen molar-refractivity contribution in [3.8, 4) is 0 Å². The molecule has 2 fully saturated rings. The number of hydrogen-bond donors (Lipinski definition) is 0. The van der Waals surface area contributed by atoms with Crippen LogP contribution >= 0.6 is 0 Å². The van der Waals surface area contributed by atoms with Gasteiger partial charge in [-0.2, -0.15) is 0 Å². The van der Waals surface area contributed by atoms with Crippen LogP contribution in [0.5, 0.6) is 0 Å². The van der Waals surface area contributed by atoms with Gasteiger partial charge in [0.1, 0.15) is 34.9 Å². The van der Waals surface area contributed by atoms with E-state index in [4.69, 9.17) is 33.2 Å². The second-order valence-electron chi connectivity index (χ2n) is 11.1. The molecule has 196 valence electrons. The molecular formula is C30H34O7. The average Bonchev–Trinajstić information content (AvgIpc) is 3.56. The number of benzene rings is 2. The summed E-state index contributed by atoms with van der Waals surface area (Å²) in [5, 5.41) is 0. The monoisotopic (exact) mass is 506 g/mol. The van der Waals surface area contributed by atoms with Crippen molar-refractivity contribution in [1.29, 1.82) is 0 Å². The molecule has 6 rings (SSSR count). The SMILES string of the molecule is CC1(C)O[C@@H]2OC(C(C)(OC(C)(C3=C[C@@H]4OC(C)(C)O[C@@H]4O3)c3ccccc3)c3ccccc3)=C[C@@H]2O1. The Morgan fingerprint density at radius 1 is 0.595 bits per heavy atom. The first kappa shape index (κ1) is 24.6. The van der Waals surface area contributed by atoms with Crippen molar-refractivity contribution in [3.63, 3.8) is 0 Å². The summed E-state index contributed by atoms with van der Waals surface area (Å²) in [5.74, 6) is -0.181. The molecule has 7 nitrogen and oxygen atoms in total. The second kappa shape index (κ2) is 8.41.